The minimum Gasteiger partial charge on any atom is -0.290 e. The Kier molecular flexibility index (Phi) is 5.28. The molecule has 5 heteroatoms. The Balaban J connectivity index is 2.58. The van der Waals surface area contributed by atoms with Gasteiger partial charge in [-0.3, -0.25) is 4.90 Å². The van der Waals surface area contributed by atoms with Gasteiger partial charge in [0.2, 0.25) is 0 Å². The summed E-state index contributed by atoms with van der Waals surface area (Å²) in [6.07, 6.45) is -4.14. The molecule has 0 aliphatic rings. The molecular weight excluding hydrogens is 283 g/mol. The summed E-state index contributed by atoms with van der Waals surface area (Å²) in [5.41, 5.74) is 0.896. The highest BCUT2D eigenvalue weighted by molar-refractivity contribution is 9.09. The summed E-state index contributed by atoms with van der Waals surface area (Å²) in [6.45, 7) is -0.159. The maximum absolute atomic E-state index is 12.3. The number of nitrogens with zero attached hydrogens (tertiary/aromatic N) is 1. The number of hydrogen-bond acceptors (Lipinski definition) is 1. The lowest BCUT2D eigenvalue weighted by atomic mass is 10.2. The van der Waals surface area contributed by atoms with Crippen molar-refractivity contribution in [1.82, 2.24) is 4.90 Å². The zero-order valence-corrected chi connectivity index (χ0v) is 10.3. The van der Waals surface area contributed by atoms with Crippen molar-refractivity contribution in [3.8, 4) is 0 Å². The molecule has 0 aliphatic heterocycles. The number of halogens is 4. The smallest absolute Gasteiger partial charge is 0.290 e. The Morgan fingerprint density at radius 1 is 1.12 bits per heavy atom. The molecule has 0 unspecified atom stereocenters. The van der Waals surface area contributed by atoms with Gasteiger partial charge in [-0.2, -0.15) is 13.2 Å². The van der Waals surface area contributed by atoms with Crippen molar-refractivity contribution in [1.29, 1.82) is 0 Å². The van der Waals surface area contributed by atoms with Gasteiger partial charge in [0, 0.05) is 18.4 Å². The van der Waals surface area contributed by atoms with E-state index in [4.69, 9.17) is 0 Å². The molecule has 16 heavy (non-hydrogen) atoms. The van der Waals surface area contributed by atoms with Gasteiger partial charge in [0.05, 0.1) is 6.54 Å². The lowest BCUT2D eigenvalue weighted by molar-refractivity contribution is -0.146. The van der Waals surface area contributed by atoms with Crippen LogP contribution in [0.1, 0.15) is 5.56 Å². The maximum atomic E-state index is 12.3. The van der Waals surface area contributed by atoms with Crippen LogP contribution in [0.5, 0.6) is 0 Å². The van der Waals surface area contributed by atoms with Gasteiger partial charge in [-0.15, -0.1) is 0 Å². The highest BCUT2D eigenvalue weighted by atomic mass is 79.9. The molecule has 0 radical (unpaired) electrons. The summed E-state index contributed by atoms with van der Waals surface area (Å²) in [5, 5.41) is 0.538. The molecule has 0 atom stereocenters. The Bertz CT molecular complexity index is 300. The van der Waals surface area contributed by atoms with E-state index in [-0.39, 0.29) is 0 Å². The first-order valence-corrected chi connectivity index (χ1v) is 6.02. The van der Waals surface area contributed by atoms with Crippen molar-refractivity contribution in [2.24, 2.45) is 0 Å². The summed E-state index contributed by atoms with van der Waals surface area (Å²) in [5.74, 6) is 0. The van der Waals surface area contributed by atoms with Crippen molar-refractivity contribution in [3.05, 3.63) is 35.9 Å². The van der Waals surface area contributed by atoms with Crippen LogP contribution in [0.15, 0.2) is 30.3 Å². The summed E-state index contributed by atoms with van der Waals surface area (Å²) in [6, 6.07) is 9.17. The SMILES string of the molecule is FC(F)(F)CN(CCBr)Cc1ccccc1. The lowest BCUT2D eigenvalue weighted by Crippen LogP contribution is -2.35. The first-order chi connectivity index (χ1) is 7.51. The predicted molar refractivity (Wildman–Crippen MR) is 61.6 cm³/mol. The third kappa shape index (κ3) is 5.51. The van der Waals surface area contributed by atoms with E-state index in [0.717, 1.165) is 5.56 Å². The fraction of sp³-hybridized carbons (Fsp3) is 0.455. The fourth-order valence-electron chi connectivity index (χ4n) is 1.43. The van der Waals surface area contributed by atoms with Crippen molar-refractivity contribution >= 4 is 15.9 Å². The van der Waals surface area contributed by atoms with Gasteiger partial charge >= 0.3 is 6.18 Å². The molecule has 1 aromatic rings. The number of benzene rings is 1. The molecule has 90 valence electrons. The minimum absolute atomic E-state index is 0.325. The van der Waals surface area contributed by atoms with Gasteiger partial charge in [0.15, 0.2) is 0 Å². The molecule has 1 rings (SSSR count). The largest absolute Gasteiger partial charge is 0.401 e. The van der Waals surface area contributed by atoms with Gasteiger partial charge in [0.1, 0.15) is 0 Å². The summed E-state index contributed by atoms with van der Waals surface area (Å²) in [7, 11) is 0. The second kappa shape index (κ2) is 6.25. The van der Waals surface area contributed by atoms with Crippen LogP contribution in [0.4, 0.5) is 13.2 Å². The topological polar surface area (TPSA) is 3.24 Å². The van der Waals surface area contributed by atoms with Crippen LogP contribution < -0.4 is 0 Å². The molecule has 0 N–H and O–H groups in total. The fourth-order valence-corrected chi connectivity index (χ4v) is 1.93. The number of alkyl halides is 4. The zero-order chi connectivity index (χ0) is 12.0. The van der Waals surface area contributed by atoms with E-state index in [1.54, 1.807) is 0 Å². The summed E-state index contributed by atoms with van der Waals surface area (Å²) in [4.78, 5) is 1.38. The first kappa shape index (κ1) is 13.5. The number of rotatable bonds is 5. The van der Waals surface area contributed by atoms with Crippen LogP contribution in [-0.4, -0.2) is 29.5 Å². The Hall–Kier alpha value is -0.550. The summed E-state index contributed by atoms with van der Waals surface area (Å²) >= 11 is 3.16. The number of hydrogen-bond donors (Lipinski definition) is 0. The standard InChI is InChI=1S/C11H13BrF3N/c12-6-7-16(9-11(13,14)15)8-10-4-2-1-3-5-10/h1-5H,6-9H2. The quantitative estimate of drug-likeness (QED) is 0.752. The average molecular weight is 296 g/mol. The highest BCUT2D eigenvalue weighted by Gasteiger charge is 2.30. The van der Waals surface area contributed by atoms with Crippen molar-refractivity contribution < 1.29 is 13.2 Å². The van der Waals surface area contributed by atoms with Gasteiger partial charge in [-0.25, -0.2) is 0 Å². The minimum atomic E-state index is -4.14. The predicted octanol–water partition coefficient (Wildman–Crippen LogP) is 3.45. The molecule has 0 bridgehead atoms. The van der Waals surface area contributed by atoms with Gasteiger partial charge in [0.25, 0.3) is 0 Å². The van der Waals surface area contributed by atoms with E-state index >= 15 is 0 Å². The molecule has 1 aromatic carbocycles. The molecule has 0 aliphatic carbocycles. The van der Waals surface area contributed by atoms with Crippen LogP contribution >= 0.6 is 15.9 Å². The van der Waals surface area contributed by atoms with Gasteiger partial charge < -0.3 is 0 Å². The summed E-state index contributed by atoms with van der Waals surface area (Å²) < 4.78 is 36.8. The Morgan fingerprint density at radius 2 is 1.75 bits per heavy atom. The van der Waals surface area contributed by atoms with Gasteiger partial charge in [-0.05, 0) is 5.56 Å². The third-order valence-corrected chi connectivity index (χ3v) is 2.41. The molecule has 0 saturated carbocycles. The normalized spacial score (nSPS) is 12.1. The molecule has 0 heterocycles. The second-order valence-electron chi connectivity index (χ2n) is 3.50. The van der Waals surface area contributed by atoms with Crippen LogP contribution in [0.3, 0.4) is 0 Å². The molecular formula is C11H13BrF3N. The molecule has 0 saturated heterocycles. The Morgan fingerprint density at radius 3 is 2.25 bits per heavy atom. The van der Waals surface area contributed by atoms with E-state index in [1.165, 1.54) is 4.90 Å². The van der Waals surface area contributed by atoms with E-state index in [2.05, 4.69) is 15.9 Å². The van der Waals surface area contributed by atoms with E-state index < -0.39 is 12.7 Å². The van der Waals surface area contributed by atoms with Gasteiger partial charge in [-0.1, -0.05) is 46.3 Å². The molecule has 0 fully saturated rings. The van der Waals surface area contributed by atoms with Crippen molar-refractivity contribution in [3.63, 3.8) is 0 Å². The zero-order valence-electron chi connectivity index (χ0n) is 8.67. The van der Waals surface area contributed by atoms with Crippen LogP contribution in [-0.2, 0) is 6.54 Å². The van der Waals surface area contributed by atoms with E-state index in [0.29, 0.717) is 18.4 Å². The molecule has 0 amide bonds. The lowest BCUT2D eigenvalue weighted by Gasteiger charge is -2.22. The average Bonchev–Trinajstić information content (AvgIpc) is 2.17. The van der Waals surface area contributed by atoms with Crippen LogP contribution in [0, 0.1) is 0 Å². The molecule has 1 nitrogen and oxygen atoms in total. The first-order valence-electron chi connectivity index (χ1n) is 4.90. The van der Waals surface area contributed by atoms with Crippen molar-refractivity contribution in [2.75, 3.05) is 18.4 Å². The maximum Gasteiger partial charge on any atom is 0.401 e. The second-order valence-corrected chi connectivity index (χ2v) is 4.29. The Labute approximate surface area is 101 Å². The van der Waals surface area contributed by atoms with Crippen LogP contribution in [0.2, 0.25) is 0 Å². The van der Waals surface area contributed by atoms with E-state index in [1.807, 2.05) is 30.3 Å². The van der Waals surface area contributed by atoms with Crippen molar-refractivity contribution in [2.45, 2.75) is 12.7 Å². The van der Waals surface area contributed by atoms with Crippen LogP contribution in [0.25, 0.3) is 0 Å². The third-order valence-electron chi connectivity index (χ3n) is 2.05. The monoisotopic (exact) mass is 295 g/mol. The molecule has 0 aromatic heterocycles. The van der Waals surface area contributed by atoms with E-state index in [9.17, 15) is 13.2 Å². The molecule has 0 spiro atoms. The highest BCUT2D eigenvalue weighted by Crippen LogP contribution is 2.18.